The highest BCUT2D eigenvalue weighted by molar-refractivity contribution is 9.10. The molecule has 4 heteroatoms. The lowest BCUT2D eigenvalue weighted by Crippen LogP contribution is -1.99. The van der Waals surface area contributed by atoms with Crippen LogP contribution in [0.2, 0.25) is 5.02 Å². The summed E-state index contributed by atoms with van der Waals surface area (Å²) in [6.45, 7) is 4.48. The van der Waals surface area contributed by atoms with E-state index in [9.17, 15) is 0 Å². The van der Waals surface area contributed by atoms with Crippen molar-refractivity contribution in [1.29, 1.82) is 0 Å². The monoisotopic (exact) mass is 325 g/mol. The molecule has 1 heterocycles. The van der Waals surface area contributed by atoms with Gasteiger partial charge in [0.05, 0.1) is 0 Å². The van der Waals surface area contributed by atoms with Crippen LogP contribution in [-0.4, -0.2) is 4.98 Å². The fourth-order valence-corrected chi connectivity index (χ4v) is 2.55. The van der Waals surface area contributed by atoms with E-state index in [2.05, 4.69) is 20.9 Å². The first-order valence-electron chi connectivity index (χ1n) is 5.55. The van der Waals surface area contributed by atoms with E-state index < -0.39 is 0 Å². The average molecular weight is 327 g/mol. The van der Waals surface area contributed by atoms with Gasteiger partial charge in [0.2, 0.25) is 0 Å². The summed E-state index contributed by atoms with van der Waals surface area (Å²) in [7, 11) is 0. The minimum Gasteiger partial charge on any atom is -0.488 e. The highest BCUT2D eigenvalue weighted by Crippen LogP contribution is 2.27. The second-order valence-electron chi connectivity index (χ2n) is 4.17. The third kappa shape index (κ3) is 3.24. The Kier molecular flexibility index (Phi) is 4.25. The molecule has 2 rings (SSSR count). The highest BCUT2D eigenvalue weighted by atomic mass is 79.9. The topological polar surface area (TPSA) is 22.1 Å². The normalized spacial score (nSPS) is 10.4. The molecule has 1 aromatic carbocycles. The Bertz CT molecular complexity index is 548. The number of nitrogens with zero attached hydrogens (tertiary/aromatic N) is 1. The zero-order valence-electron chi connectivity index (χ0n) is 10.2. The van der Waals surface area contributed by atoms with Crippen molar-refractivity contribution in [3.63, 3.8) is 0 Å². The summed E-state index contributed by atoms with van der Waals surface area (Å²) in [5.41, 5.74) is 3.11. The van der Waals surface area contributed by atoms with Crippen LogP contribution in [0.4, 0.5) is 0 Å². The van der Waals surface area contributed by atoms with Crippen LogP contribution in [0.5, 0.6) is 5.75 Å². The molecule has 0 unspecified atom stereocenters. The summed E-state index contributed by atoms with van der Waals surface area (Å²) >= 11 is 9.38. The van der Waals surface area contributed by atoms with Crippen LogP contribution in [0.15, 0.2) is 35.1 Å². The second-order valence-corrected chi connectivity index (χ2v) is 5.52. The molecule has 1 aromatic heterocycles. The van der Waals surface area contributed by atoms with Gasteiger partial charge in [-0.05, 0) is 59.1 Å². The molecule has 0 spiro atoms. The first kappa shape index (κ1) is 13.4. The summed E-state index contributed by atoms with van der Waals surface area (Å²) in [4.78, 5) is 4.11. The largest absolute Gasteiger partial charge is 0.488 e. The molecule has 0 atom stereocenters. The zero-order chi connectivity index (χ0) is 13.1. The Labute approximate surface area is 120 Å². The van der Waals surface area contributed by atoms with Gasteiger partial charge in [-0.2, -0.15) is 0 Å². The van der Waals surface area contributed by atoms with Gasteiger partial charge in [-0.1, -0.05) is 11.6 Å². The summed E-state index contributed by atoms with van der Waals surface area (Å²) in [6, 6.07) is 5.81. The maximum atomic E-state index is 5.99. The van der Waals surface area contributed by atoms with Crippen molar-refractivity contribution in [3.8, 4) is 5.75 Å². The van der Waals surface area contributed by atoms with Gasteiger partial charge in [-0.15, -0.1) is 0 Å². The van der Waals surface area contributed by atoms with Gasteiger partial charge >= 0.3 is 0 Å². The molecule has 94 valence electrons. The number of pyridine rings is 1. The Balaban J connectivity index is 2.16. The fraction of sp³-hybridized carbons (Fsp3) is 0.214. The lowest BCUT2D eigenvalue weighted by atomic mass is 10.1. The number of halogens is 2. The molecule has 0 aliphatic rings. The molecule has 0 radical (unpaired) electrons. The first-order chi connectivity index (χ1) is 8.56. The molecule has 0 bridgehead atoms. The maximum Gasteiger partial charge on any atom is 0.125 e. The number of hydrogen-bond donors (Lipinski definition) is 0. The zero-order valence-corrected chi connectivity index (χ0v) is 12.5. The van der Waals surface area contributed by atoms with Gasteiger partial charge in [0.1, 0.15) is 12.4 Å². The van der Waals surface area contributed by atoms with Crippen LogP contribution in [0.3, 0.4) is 0 Å². The van der Waals surface area contributed by atoms with Crippen LogP contribution < -0.4 is 4.74 Å². The van der Waals surface area contributed by atoms with Crippen molar-refractivity contribution in [2.45, 2.75) is 20.5 Å². The van der Waals surface area contributed by atoms with E-state index >= 15 is 0 Å². The molecule has 2 nitrogen and oxygen atoms in total. The van der Waals surface area contributed by atoms with Crippen molar-refractivity contribution < 1.29 is 4.74 Å². The lowest BCUT2D eigenvalue weighted by molar-refractivity contribution is 0.301. The second kappa shape index (κ2) is 5.72. The van der Waals surface area contributed by atoms with E-state index in [0.29, 0.717) is 6.61 Å². The summed E-state index contributed by atoms with van der Waals surface area (Å²) in [5.74, 6) is 0.888. The summed E-state index contributed by atoms with van der Waals surface area (Å²) in [6.07, 6.45) is 3.55. The fourth-order valence-electron chi connectivity index (χ4n) is 1.82. The number of benzene rings is 1. The van der Waals surface area contributed by atoms with Gasteiger partial charge < -0.3 is 4.74 Å². The van der Waals surface area contributed by atoms with Crippen molar-refractivity contribution in [1.82, 2.24) is 4.98 Å². The first-order valence-corrected chi connectivity index (χ1v) is 6.72. The Morgan fingerprint density at radius 3 is 2.44 bits per heavy atom. The Morgan fingerprint density at radius 2 is 1.83 bits per heavy atom. The standard InChI is InChI=1S/C14H13BrClNO/c1-9-3-13(16)4-10(2)14(9)18-8-11-5-12(15)7-17-6-11/h3-7H,8H2,1-2H3. The van der Waals surface area contributed by atoms with E-state index in [1.807, 2.05) is 32.0 Å². The van der Waals surface area contributed by atoms with E-state index in [0.717, 1.165) is 31.9 Å². The molecule has 18 heavy (non-hydrogen) atoms. The van der Waals surface area contributed by atoms with Crippen LogP contribution >= 0.6 is 27.5 Å². The van der Waals surface area contributed by atoms with Gasteiger partial charge in [0.25, 0.3) is 0 Å². The SMILES string of the molecule is Cc1cc(Cl)cc(C)c1OCc1cncc(Br)c1. The molecule has 0 fully saturated rings. The van der Waals surface area contributed by atoms with Crippen LogP contribution in [0, 0.1) is 13.8 Å². The molecule has 0 saturated heterocycles. The van der Waals surface area contributed by atoms with E-state index in [1.54, 1.807) is 12.4 Å². The Hall–Kier alpha value is -1.06. The van der Waals surface area contributed by atoms with Crippen molar-refractivity contribution >= 4 is 27.5 Å². The average Bonchev–Trinajstić information content (AvgIpc) is 2.27. The number of hydrogen-bond acceptors (Lipinski definition) is 2. The molecule has 2 aromatic rings. The molecule has 0 aliphatic heterocycles. The predicted octanol–water partition coefficient (Wildman–Crippen LogP) is 4.69. The number of aromatic nitrogens is 1. The lowest BCUT2D eigenvalue weighted by Gasteiger charge is -2.12. The molecule has 0 saturated carbocycles. The van der Waals surface area contributed by atoms with Gasteiger partial charge in [0.15, 0.2) is 0 Å². The van der Waals surface area contributed by atoms with Crippen LogP contribution in [0.1, 0.15) is 16.7 Å². The minimum atomic E-state index is 0.496. The number of aryl methyl sites for hydroxylation is 2. The van der Waals surface area contributed by atoms with E-state index in [-0.39, 0.29) is 0 Å². The molecular formula is C14H13BrClNO. The molecule has 0 aliphatic carbocycles. The predicted molar refractivity (Wildman–Crippen MR) is 77.2 cm³/mol. The third-order valence-corrected chi connectivity index (χ3v) is 3.22. The minimum absolute atomic E-state index is 0.496. The maximum absolute atomic E-state index is 5.99. The van der Waals surface area contributed by atoms with Crippen molar-refractivity contribution in [2.75, 3.05) is 0 Å². The molecule has 0 N–H and O–H groups in total. The smallest absolute Gasteiger partial charge is 0.125 e. The molecular weight excluding hydrogens is 314 g/mol. The quantitative estimate of drug-likeness (QED) is 0.816. The van der Waals surface area contributed by atoms with Gasteiger partial charge in [0, 0.05) is 27.5 Å². The highest BCUT2D eigenvalue weighted by Gasteiger charge is 2.06. The van der Waals surface area contributed by atoms with E-state index in [1.165, 1.54) is 0 Å². The van der Waals surface area contributed by atoms with Crippen molar-refractivity contribution in [2.24, 2.45) is 0 Å². The third-order valence-electron chi connectivity index (χ3n) is 2.57. The summed E-state index contributed by atoms with van der Waals surface area (Å²) < 4.78 is 6.80. The van der Waals surface area contributed by atoms with Crippen LogP contribution in [-0.2, 0) is 6.61 Å². The van der Waals surface area contributed by atoms with Crippen LogP contribution in [0.25, 0.3) is 0 Å². The van der Waals surface area contributed by atoms with Gasteiger partial charge in [-0.25, -0.2) is 0 Å². The van der Waals surface area contributed by atoms with E-state index in [4.69, 9.17) is 16.3 Å². The number of ether oxygens (including phenoxy) is 1. The van der Waals surface area contributed by atoms with Gasteiger partial charge in [-0.3, -0.25) is 4.98 Å². The molecule has 0 amide bonds. The summed E-state index contributed by atoms with van der Waals surface area (Å²) in [5, 5.41) is 0.737. The Morgan fingerprint density at radius 1 is 1.17 bits per heavy atom. The van der Waals surface area contributed by atoms with Crippen molar-refractivity contribution in [3.05, 3.63) is 56.8 Å². The number of rotatable bonds is 3.